The molecule has 7 nitrogen and oxygen atoms in total. The van der Waals surface area contributed by atoms with E-state index in [9.17, 15) is 4.79 Å². The van der Waals surface area contributed by atoms with Crippen molar-refractivity contribution in [3.8, 4) is 11.6 Å². The molecule has 0 saturated carbocycles. The molecule has 1 fully saturated rings. The van der Waals surface area contributed by atoms with Crippen LogP contribution >= 0.6 is 0 Å². The van der Waals surface area contributed by atoms with Crippen molar-refractivity contribution < 1.29 is 9.53 Å². The monoisotopic (exact) mass is 453 g/mol. The summed E-state index contributed by atoms with van der Waals surface area (Å²) in [6.45, 7) is 4.01. The quantitative estimate of drug-likeness (QED) is 0.418. The van der Waals surface area contributed by atoms with Crippen LogP contribution in [0.25, 0.3) is 0 Å². The second-order valence-electron chi connectivity index (χ2n) is 8.64. The molecule has 1 amide bonds. The lowest BCUT2D eigenvalue weighted by molar-refractivity contribution is 0.0704. The lowest BCUT2D eigenvalue weighted by Gasteiger charge is -2.33. The van der Waals surface area contributed by atoms with E-state index in [1.165, 1.54) is 0 Å². The minimum absolute atomic E-state index is 0.0439. The zero-order chi connectivity index (χ0) is 23.3. The summed E-state index contributed by atoms with van der Waals surface area (Å²) in [5, 5.41) is 0. The van der Waals surface area contributed by atoms with E-state index in [4.69, 9.17) is 4.74 Å². The Hall–Kier alpha value is -4.00. The lowest BCUT2D eigenvalue weighted by Crippen LogP contribution is -2.39. The Morgan fingerprint density at radius 3 is 2.82 bits per heavy atom. The highest BCUT2D eigenvalue weighted by molar-refractivity contribution is 5.94. The second-order valence-corrected chi connectivity index (χ2v) is 8.64. The molecule has 1 saturated heterocycles. The number of ether oxygens (including phenoxy) is 1. The zero-order valence-corrected chi connectivity index (χ0v) is 19.2. The fourth-order valence-corrected chi connectivity index (χ4v) is 4.43. The molecule has 1 aliphatic rings. The molecule has 1 aliphatic heterocycles. The molecular weight excluding hydrogens is 426 g/mol. The van der Waals surface area contributed by atoms with E-state index in [1.54, 1.807) is 24.9 Å². The number of nitrogens with zero attached hydrogens (tertiary/aromatic N) is 5. The van der Waals surface area contributed by atoms with Crippen LogP contribution in [0.1, 0.15) is 45.9 Å². The van der Waals surface area contributed by atoms with Gasteiger partial charge in [-0.2, -0.15) is 0 Å². The average Bonchev–Trinajstić information content (AvgIpc) is 3.39. The normalized spacial score (nSPS) is 15.8. The van der Waals surface area contributed by atoms with Crippen molar-refractivity contribution >= 4 is 5.91 Å². The number of imidazole rings is 1. The molecule has 0 radical (unpaired) electrons. The lowest BCUT2D eigenvalue weighted by atomic mass is 9.94. The molecule has 172 valence electrons. The highest BCUT2D eigenvalue weighted by atomic mass is 16.5. The van der Waals surface area contributed by atoms with Crippen LogP contribution in [0.2, 0.25) is 0 Å². The maximum absolute atomic E-state index is 13.4. The topological polar surface area (TPSA) is 73.1 Å². The average molecular weight is 454 g/mol. The maximum Gasteiger partial charge on any atom is 0.253 e. The SMILES string of the molecule is Cc1ccccc1Oc1nccnc1[C@@H]1CCCN(C(=O)c2cccc(Cn3ccnc3)c2)C1. The first-order chi connectivity index (χ1) is 16.7. The molecule has 4 aromatic rings. The smallest absolute Gasteiger partial charge is 0.253 e. The molecule has 0 aliphatic carbocycles. The van der Waals surface area contributed by atoms with Crippen LogP contribution < -0.4 is 4.74 Å². The van der Waals surface area contributed by atoms with Crippen LogP contribution in [-0.2, 0) is 6.54 Å². The van der Waals surface area contributed by atoms with Crippen LogP contribution in [0, 0.1) is 6.92 Å². The van der Waals surface area contributed by atoms with Crippen molar-refractivity contribution in [1.82, 2.24) is 24.4 Å². The van der Waals surface area contributed by atoms with E-state index >= 15 is 0 Å². The van der Waals surface area contributed by atoms with Gasteiger partial charge in [-0.05, 0) is 49.1 Å². The maximum atomic E-state index is 13.4. The molecule has 2 aromatic carbocycles. The van der Waals surface area contributed by atoms with Crippen molar-refractivity contribution in [2.45, 2.75) is 32.2 Å². The molecule has 0 unspecified atom stereocenters. The summed E-state index contributed by atoms with van der Waals surface area (Å²) in [5.74, 6) is 1.39. The molecule has 3 heterocycles. The van der Waals surface area contributed by atoms with Gasteiger partial charge in [-0.25, -0.2) is 9.97 Å². The fourth-order valence-electron chi connectivity index (χ4n) is 4.43. The van der Waals surface area contributed by atoms with Gasteiger partial charge >= 0.3 is 0 Å². The van der Waals surface area contributed by atoms with E-state index in [0.29, 0.717) is 24.5 Å². The number of carbonyl (C=O) groups excluding carboxylic acids is 1. The predicted octanol–water partition coefficient (Wildman–Crippen LogP) is 4.84. The van der Waals surface area contributed by atoms with Crippen molar-refractivity contribution in [3.05, 3.63) is 102 Å². The number of amides is 1. The van der Waals surface area contributed by atoms with Crippen molar-refractivity contribution in [1.29, 1.82) is 0 Å². The van der Waals surface area contributed by atoms with Crippen LogP contribution in [0.15, 0.2) is 79.6 Å². The van der Waals surface area contributed by atoms with Gasteiger partial charge in [-0.1, -0.05) is 30.3 Å². The number of carbonyl (C=O) groups is 1. The molecule has 0 bridgehead atoms. The Kier molecular flexibility index (Phi) is 6.33. The molecule has 2 aromatic heterocycles. The van der Waals surface area contributed by atoms with E-state index in [2.05, 4.69) is 15.0 Å². The second kappa shape index (κ2) is 9.87. The number of rotatable bonds is 6. The van der Waals surface area contributed by atoms with Crippen LogP contribution in [-0.4, -0.2) is 43.4 Å². The predicted molar refractivity (Wildman–Crippen MR) is 129 cm³/mol. The van der Waals surface area contributed by atoms with E-state index in [0.717, 1.165) is 42.0 Å². The van der Waals surface area contributed by atoms with Crippen LogP contribution in [0.5, 0.6) is 11.6 Å². The minimum Gasteiger partial charge on any atom is -0.437 e. The number of aryl methyl sites for hydroxylation is 1. The van der Waals surface area contributed by atoms with Gasteiger partial charge in [0, 0.05) is 55.9 Å². The number of benzene rings is 2. The van der Waals surface area contributed by atoms with Gasteiger partial charge in [0.05, 0.1) is 6.33 Å². The molecule has 5 rings (SSSR count). The summed E-state index contributed by atoms with van der Waals surface area (Å²) < 4.78 is 8.15. The van der Waals surface area contributed by atoms with Gasteiger partial charge in [0.25, 0.3) is 5.91 Å². The number of aromatic nitrogens is 4. The van der Waals surface area contributed by atoms with Crippen LogP contribution in [0.4, 0.5) is 0 Å². The fraction of sp³-hybridized carbons (Fsp3) is 0.259. The van der Waals surface area contributed by atoms with Gasteiger partial charge < -0.3 is 14.2 Å². The summed E-state index contributed by atoms with van der Waals surface area (Å²) >= 11 is 0. The number of likely N-dealkylation sites (tertiary alicyclic amines) is 1. The van der Waals surface area contributed by atoms with Gasteiger partial charge in [-0.3, -0.25) is 9.78 Å². The molecule has 7 heteroatoms. The van der Waals surface area contributed by atoms with E-state index in [1.807, 2.05) is 71.1 Å². The number of para-hydroxylation sites is 1. The third-order valence-electron chi connectivity index (χ3n) is 6.18. The Morgan fingerprint density at radius 1 is 1.09 bits per heavy atom. The zero-order valence-electron chi connectivity index (χ0n) is 19.2. The molecule has 0 spiro atoms. The van der Waals surface area contributed by atoms with Gasteiger partial charge in [-0.15, -0.1) is 0 Å². The largest absolute Gasteiger partial charge is 0.437 e. The highest BCUT2D eigenvalue weighted by Gasteiger charge is 2.29. The molecule has 0 N–H and O–H groups in total. The third kappa shape index (κ3) is 4.83. The summed E-state index contributed by atoms with van der Waals surface area (Å²) in [7, 11) is 0. The number of piperidine rings is 1. The standard InChI is InChI=1S/C27H27N5O2/c1-20-6-2-3-10-24(20)34-26-25(29-11-12-30-26)23-9-5-14-32(18-23)27(33)22-8-4-7-21(16-22)17-31-15-13-28-19-31/h2-4,6-8,10-13,15-16,19,23H,5,9,14,17-18H2,1H3/t23-/m1/s1. The highest BCUT2D eigenvalue weighted by Crippen LogP contribution is 2.33. The first-order valence-electron chi connectivity index (χ1n) is 11.6. The van der Waals surface area contributed by atoms with Gasteiger partial charge in [0.2, 0.25) is 5.88 Å². The van der Waals surface area contributed by atoms with Crippen LogP contribution in [0.3, 0.4) is 0 Å². The molecule has 34 heavy (non-hydrogen) atoms. The van der Waals surface area contributed by atoms with Crippen molar-refractivity contribution in [2.75, 3.05) is 13.1 Å². The first kappa shape index (κ1) is 21.8. The summed E-state index contributed by atoms with van der Waals surface area (Å²) in [6, 6.07) is 15.7. The van der Waals surface area contributed by atoms with E-state index < -0.39 is 0 Å². The number of hydrogen-bond acceptors (Lipinski definition) is 5. The Morgan fingerprint density at radius 2 is 1.97 bits per heavy atom. The molecular formula is C27H27N5O2. The van der Waals surface area contributed by atoms with E-state index in [-0.39, 0.29) is 11.8 Å². The number of hydrogen-bond donors (Lipinski definition) is 0. The van der Waals surface area contributed by atoms with Gasteiger partial charge in [0.1, 0.15) is 11.4 Å². The van der Waals surface area contributed by atoms with Gasteiger partial charge in [0.15, 0.2) is 0 Å². The van der Waals surface area contributed by atoms with Crippen molar-refractivity contribution in [2.24, 2.45) is 0 Å². The summed E-state index contributed by atoms with van der Waals surface area (Å²) in [5.41, 5.74) is 3.61. The molecule has 1 atom stereocenters. The Balaban J connectivity index is 1.33. The Labute approximate surface area is 199 Å². The third-order valence-corrected chi connectivity index (χ3v) is 6.18. The Bertz CT molecular complexity index is 1270. The summed E-state index contributed by atoms with van der Waals surface area (Å²) in [4.78, 5) is 28.5. The minimum atomic E-state index is 0.0439. The summed E-state index contributed by atoms with van der Waals surface area (Å²) in [6.07, 6.45) is 10.6. The van der Waals surface area contributed by atoms with Crippen molar-refractivity contribution in [3.63, 3.8) is 0 Å². The first-order valence-corrected chi connectivity index (χ1v) is 11.6.